The highest BCUT2D eigenvalue weighted by molar-refractivity contribution is 7.16. The Morgan fingerprint density at radius 1 is 1.03 bits per heavy atom. The van der Waals surface area contributed by atoms with Gasteiger partial charge in [-0.05, 0) is 56.0 Å². The van der Waals surface area contributed by atoms with Gasteiger partial charge in [0.25, 0.3) is 0 Å². The van der Waals surface area contributed by atoms with Crippen LogP contribution in [0.25, 0.3) is 10.2 Å². The lowest BCUT2D eigenvalue weighted by molar-refractivity contribution is 0.118. The molecule has 180 valence electrons. The summed E-state index contributed by atoms with van der Waals surface area (Å²) in [6, 6.07) is 17.9. The minimum Gasteiger partial charge on any atom is -0.506 e. The van der Waals surface area contributed by atoms with Crippen LogP contribution in [0.15, 0.2) is 47.3 Å². The summed E-state index contributed by atoms with van der Waals surface area (Å²) in [4.78, 5) is 14.1. The maximum absolute atomic E-state index is 11.6. The number of rotatable bonds is 13. The third-order valence-corrected chi connectivity index (χ3v) is 6.60. The number of halogens is 1. The van der Waals surface area contributed by atoms with Gasteiger partial charge in [-0.2, -0.15) is 10.5 Å². The van der Waals surface area contributed by atoms with Gasteiger partial charge in [-0.15, -0.1) is 12.4 Å². The number of phenols is 1. The van der Waals surface area contributed by atoms with E-state index in [0.717, 1.165) is 28.0 Å². The molecule has 0 aliphatic rings. The molecule has 7 nitrogen and oxygen atoms in total. The molecule has 0 aliphatic carbocycles. The number of aromatic amines is 1. The summed E-state index contributed by atoms with van der Waals surface area (Å²) >= 11 is 1.10. The van der Waals surface area contributed by atoms with Crippen molar-refractivity contribution in [2.45, 2.75) is 32.1 Å². The monoisotopic (exact) mass is 500 g/mol. The van der Waals surface area contributed by atoms with Crippen molar-refractivity contribution in [2.75, 3.05) is 26.3 Å². The van der Waals surface area contributed by atoms with Crippen LogP contribution >= 0.6 is 23.7 Å². The first-order chi connectivity index (χ1) is 16.1. The second kappa shape index (κ2) is 13.7. The molecule has 9 heteroatoms. The minimum atomic E-state index is -1.03. The van der Waals surface area contributed by atoms with Crippen molar-refractivity contribution >= 4 is 34.0 Å². The van der Waals surface area contributed by atoms with E-state index in [1.165, 1.54) is 5.56 Å². The number of thiazole rings is 1. The van der Waals surface area contributed by atoms with Crippen LogP contribution in [0.3, 0.4) is 0 Å². The molecule has 0 atom stereocenters. The van der Waals surface area contributed by atoms with Crippen LogP contribution in [0.4, 0.5) is 0 Å². The average Bonchev–Trinajstić information content (AvgIpc) is 3.24. The number of nitrogens with one attached hydrogen (secondary N) is 2. The summed E-state index contributed by atoms with van der Waals surface area (Å²) in [6.07, 6.45) is 3.10. The fourth-order valence-corrected chi connectivity index (χ4v) is 4.59. The maximum atomic E-state index is 11.6. The molecule has 0 spiro atoms. The molecule has 0 amide bonds. The lowest BCUT2D eigenvalue weighted by atomic mass is 9.83. The Morgan fingerprint density at radius 3 is 2.53 bits per heavy atom. The largest absolute Gasteiger partial charge is 0.506 e. The molecule has 3 rings (SSSR count). The molecule has 3 aromatic rings. The predicted octanol–water partition coefficient (Wildman–Crippen LogP) is 4.31. The summed E-state index contributed by atoms with van der Waals surface area (Å²) in [7, 11) is 0. The van der Waals surface area contributed by atoms with E-state index >= 15 is 0 Å². The Kier molecular flexibility index (Phi) is 11.1. The molecule has 0 saturated heterocycles. The van der Waals surface area contributed by atoms with Crippen molar-refractivity contribution < 1.29 is 9.84 Å². The lowest BCUT2D eigenvalue weighted by Gasteiger charge is -2.18. The number of aromatic hydroxyl groups is 1. The van der Waals surface area contributed by atoms with Gasteiger partial charge in [-0.3, -0.25) is 4.79 Å². The number of phenolic OH excluding ortho intramolecular Hbond substituents is 1. The normalized spacial score (nSPS) is 11.0. The number of aromatic nitrogens is 1. The number of nitriles is 2. The number of H-pyrrole nitrogens is 1. The van der Waals surface area contributed by atoms with Crippen LogP contribution < -0.4 is 10.2 Å². The first-order valence-electron chi connectivity index (χ1n) is 11.1. The third-order valence-electron chi connectivity index (χ3n) is 5.65. The summed E-state index contributed by atoms with van der Waals surface area (Å²) in [5, 5.41) is 32.4. The van der Waals surface area contributed by atoms with Gasteiger partial charge >= 0.3 is 4.87 Å². The van der Waals surface area contributed by atoms with Crippen molar-refractivity contribution in [3.05, 3.63) is 63.3 Å². The van der Waals surface area contributed by atoms with Crippen LogP contribution in [0.1, 0.15) is 30.4 Å². The zero-order valence-corrected chi connectivity index (χ0v) is 20.5. The minimum absolute atomic E-state index is 0. The van der Waals surface area contributed by atoms with Gasteiger partial charge in [0.1, 0.15) is 16.7 Å². The number of benzene rings is 2. The highest BCUT2D eigenvalue weighted by atomic mass is 35.5. The van der Waals surface area contributed by atoms with Gasteiger partial charge in [0.15, 0.2) is 0 Å². The Balaban J connectivity index is 0.00000408. The van der Waals surface area contributed by atoms with Gasteiger partial charge in [0.2, 0.25) is 0 Å². The van der Waals surface area contributed by atoms with Gasteiger partial charge in [0, 0.05) is 13.0 Å². The second-order valence-corrected chi connectivity index (χ2v) is 8.95. The van der Waals surface area contributed by atoms with Gasteiger partial charge in [-0.25, -0.2) is 0 Å². The summed E-state index contributed by atoms with van der Waals surface area (Å²) in [5.41, 5.74) is 1.65. The molecule has 3 N–H and O–H groups in total. The number of nitrogens with zero attached hydrogens (tertiary/aromatic N) is 2. The predicted molar refractivity (Wildman–Crippen MR) is 136 cm³/mol. The smallest absolute Gasteiger partial charge is 0.305 e. The number of hydrogen-bond donors (Lipinski definition) is 3. The zero-order valence-electron chi connectivity index (χ0n) is 18.9. The fourth-order valence-electron chi connectivity index (χ4n) is 3.69. The van der Waals surface area contributed by atoms with E-state index in [1.807, 2.05) is 24.3 Å². The topological polar surface area (TPSA) is 122 Å². The van der Waals surface area contributed by atoms with Crippen LogP contribution in [-0.2, 0) is 17.6 Å². The molecule has 0 radical (unpaired) electrons. The Labute approximate surface area is 209 Å². The van der Waals surface area contributed by atoms with Crippen LogP contribution in [0.5, 0.6) is 5.75 Å². The van der Waals surface area contributed by atoms with E-state index in [-0.39, 0.29) is 23.0 Å². The Morgan fingerprint density at radius 2 is 1.79 bits per heavy atom. The molecule has 0 aliphatic heterocycles. The highest BCUT2D eigenvalue weighted by Gasteiger charge is 2.29. The van der Waals surface area contributed by atoms with Crippen LogP contribution in [0, 0.1) is 28.1 Å². The molecule has 0 unspecified atom stereocenters. The molecule has 2 aromatic carbocycles. The van der Waals surface area contributed by atoms with Crippen LogP contribution in [0.2, 0.25) is 0 Å². The average molecular weight is 501 g/mol. The van der Waals surface area contributed by atoms with E-state index in [4.69, 9.17) is 4.74 Å². The third kappa shape index (κ3) is 7.58. The standard InChI is InChI=1S/C25H28N4O3S.ClH/c26-17-25(18-27,12-16-32-15-10-19-5-2-1-3-6-19)11-4-13-28-14-9-20-7-8-21(30)22-23(20)33-24(31)29-22;/h1-3,5-8,28,30H,4,9-16H2,(H,29,31);1H. The quantitative estimate of drug-likeness (QED) is 0.300. The van der Waals surface area contributed by atoms with E-state index in [2.05, 4.69) is 34.6 Å². The molecule has 0 bridgehead atoms. The first kappa shape index (κ1) is 27.4. The van der Waals surface area contributed by atoms with E-state index in [9.17, 15) is 20.4 Å². The van der Waals surface area contributed by atoms with Crippen molar-refractivity contribution in [3.63, 3.8) is 0 Å². The molecule has 1 aromatic heterocycles. The SMILES string of the molecule is Cl.N#CC(C#N)(CCCNCCc1ccc(O)c2[nH]c(=O)sc12)CCOCCc1ccccc1. The van der Waals surface area contributed by atoms with Crippen molar-refractivity contribution in [1.29, 1.82) is 10.5 Å². The summed E-state index contributed by atoms with van der Waals surface area (Å²) in [5.74, 6) is 0.0773. The highest BCUT2D eigenvalue weighted by Crippen LogP contribution is 2.28. The van der Waals surface area contributed by atoms with Gasteiger partial charge in [-0.1, -0.05) is 47.7 Å². The Bertz CT molecular complexity index is 1170. The molecule has 1 heterocycles. The molecule has 0 fully saturated rings. The van der Waals surface area contributed by atoms with E-state index in [1.54, 1.807) is 6.07 Å². The second-order valence-electron chi connectivity index (χ2n) is 7.97. The van der Waals surface area contributed by atoms with Gasteiger partial charge in [0.05, 0.1) is 23.4 Å². The van der Waals surface area contributed by atoms with Crippen molar-refractivity contribution in [1.82, 2.24) is 10.3 Å². The molecule has 0 saturated carbocycles. The number of ether oxygens (including phenoxy) is 1. The maximum Gasteiger partial charge on any atom is 0.305 e. The fraction of sp³-hybridized carbons (Fsp3) is 0.400. The Hall–Kier alpha value is -2.88. The lowest BCUT2D eigenvalue weighted by Crippen LogP contribution is -2.23. The van der Waals surface area contributed by atoms with Gasteiger partial charge < -0.3 is 20.1 Å². The molecular formula is C25H29ClN4O3S. The number of fused-ring (bicyclic) bond motifs is 1. The summed E-state index contributed by atoms with van der Waals surface area (Å²) < 4.78 is 6.46. The first-order valence-corrected chi connectivity index (χ1v) is 11.9. The molecular weight excluding hydrogens is 472 g/mol. The van der Waals surface area contributed by atoms with Crippen molar-refractivity contribution in [2.24, 2.45) is 5.41 Å². The van der Waals surface area contributed by atoms with Crippen molar-refractivity contribution in [3.8, 4) is 17.9 Å². The van der Waals surface area contributed by atoms with E-state index < -0.39 is 5.41 Å². The number of hydrogen-bond acceptors (Lipinski definition) is 7. The summed E-state index contributed by atoms with van der Waals surface area (Å²) in [6.45, 7) is 2.34. The van der Waals surface area contributed by atoms with Crippen LogP contribution in [-0.4, -0.2) is 36.4 Å². The molecule has 34 heavy (non-hydrogen) atoms. The zero-order chi connectivity index (χ0) is 23.5. The van der Waals surface area contributed by atoms with E-state index in [0.29, 0.717) is 57.5 Å².